The summed E-state index contributed by atoms with van der Waals surface area (Å²) in [6, 6.07) is 14.0. The van der Waals surface area contributed by atoms with Crippen LogP contribution in [0.1, 0.15) is 49.4 Å². The third-order valence-electron chi connectivity index (χ3n) is 7.26. The molecule has 2 aromatic carbocycles. The molecule has 0 radical (unpaired) electrons. The minimum Gasteiger partial charge on any atom is -0.478 e. The molecule has 0 saturated carbocycles. The molecule has 208 valence electrons. The van der Waals surface area contributed by atoms with E-state index >= 15 is 4.39 Å². The summed E-state index contributed by atoms with van der Waals surface area (Å²) >= 11 is 0. The molecule has 7 heteroatoms. The van der Waals surface area contributed by atoms with Crippen molar-refractivity contribution in [2.75, 3.05) is 11.6 Å². The second-order valence-corrected chi connectivity index (χ2v) is 10.5. The van der Waals surface area contributed by atoms with Crippen LogP contribution in [0.25, 0.3) is 11.1 Å². The number of alkyl halides is 1. The van der Waals surface area contributed by atoms with Gasteiger partial charge in [-0.1, -0.05) is 50.8 Å². The Bertz CT molecular complexity index is 1480. The first kappa shape index (κ1) is 28.7. The van der Waals surface area contributed by atoms with E-state index in [0.29, 0.717) is 5.92 Å². The SMILES string of the molecule is C=C(\C(F)=C/C(=C\CF)/C=C/C(=O)O)[C@@H]1c2ccc(-c3cnn(C)c3)cc2C[C@@H](C)N1c1ccc(C(C)C)cc1. The lowest BCUT2D eigenvalue weighted by molar-refractivity contribution is -0.131. The quantitative estimate of drug-likeness (QED) is 0.222. The van der Waals surface area contributed by atoms with Gasteiger partial charge in [0.25, 0.3) is 0 Å². The number of rotatable bonds is 9. The zero-order valence-electron chi connectivity index (χ0n) is 23.3. The average Bonchev–Trinajstić information content (AvgIpc) is 3.36. The summed E-state index contributed by atoms with van der Waals surface area (Å²) in [5.41, 5.74) is 6.54. The van der Waals surface area contributed by atoms with Crippen LogP contribution in [-0.4, -0.2) is 33.6 Å². The molecule has 0 amide bonds. The number of aromatic nitrogens is 2. The number of aliphatic carboxylic acids is 1. The fourth-order valence-corrected chi connectivity index (χ4v) is 5.21. The first-order valence-corrected chi connectivity index (χ1v) is 13.3. The Morgan fingerprint density at radius 3 is 2.50 bits per heavy atom. The molecule has 0 fully saturated rings. The maximum Gasteiger partial charge on any atom is 0.328 e. The lowest BCUT2D eigenvalue weighted by Crippen LogP contribution is -2.43. The van der Waals surface area contributed by atoms with E-state index in [2.05, 4.69) is 67.7 Å². The van der Waals surface area contributed by atoms with Gasteiger partial charge in [0.05, 0.1) is 12.2 Å². The number of benzene rings is 2. The Labute approximate surface area is 234 Å². The third kappa shape index (κ3) is 6.30. The molecule has 1 aliphatic heterocycles. The molecule has 5 nitrogen and oxygen atoms in total. The molecule has 1 aromatic heterocycles. The maximum absolute atomic E-state index is 15.9. The van der Waals surface area contributed by atoms with Gasteiger partial charge in [-0.3, -0.25) is 4.68 Å². The van der Waals surface area contributed by atoms with Crippen LogP contribution >= 0.6 is 0 Å². The van der Waals surface area contributed by atoms with E-state index in [1.165, 1.54) is 11.6 Å². The summed E-state index contributed by atoms with van der Waals surface area (Å²) < 4.78 is 30.8. The highest BCUT2D eigenvalue weighted by molar-refractivity contribution is 5.80. The molecule has 0 spiro atoms. The summed E-state index contributed by atoms with van der Waals surface area (Å²) in [4.78, 5) is 13.2. The highest BCUT2D eigenvalue weighted by Gasteiger charge is 2.35. The summed E-state index contributed by atoms with van der Waals surface area (Å²) in [6.07, 6.45) is 8.83. The molecule has 2 heterocycles. The van der Waals surface area contributed by atoms with Crippen molar-refractivity contribution in [3.05, 3.63) is 119 Å². The van der Waals surface area contributed by atoms with E-state index in [1.807, 2.05) is 31.6 Å². The molecule has 40 heavy (non-hydrogen) atoms. The van der Waals surface area contributed by atoms with E-state index in [-0.39, 0.29) is 17.2 Å². The van der Waals surface area contributed by atoms with Crippen LogP contribution in [0.15, 0.2) is 103 Å². The van der Waals surface area contributed by atoms with Crippen LogP contribution in [0.4, 0.5) is 14.5 Å². The number of aryl methyl sites for hydroxylation is 1. The van der Waals surface area contributed by atoms with Gasteiger partial charge < -0.3 is 10.0 Å². The highest BCUT2D eigenvalue weighted by Crippen LogP contribution is 2.44. The number of carbonyl (C=O) groups is 1. The van der Waals surface area contributed by atoms with E-state index in [0.717, 1.165) is 52.6 Å². The van der Waals surface area contributed by atoms with Crippen LogP contribution in [0.5, 0.6) is 0 Å². The topological polar surface area (TPSA) is 58.4 Å². The van der Waals surface area contributed by atoms with Crippen molar-refractivity contribution in [3.63, 3.8) is 0 Å². The van der Waals surface area contributed by atoms with Crippen LogP contribution in [0, 0.1) is 0 Å². The van der Waals surface area contributed by atoms with Gasteiger partial charge in [0.2, 0.25) is 0 Å². The largest absolute Gasteiger partial charge is 0.478 e. The van der Waals surface area contributed by atoms with Gasteiger partial charge in [0.15, 0.2) is 0 Å². The Morgan fingerprint density at radius 1 is 1.18 bits per heavy atom. The first-order valence-electron chi connectivity index (χ1n) is 13.3. The van der Waals surface area contributed by atoms with Gasteiger partial charge in [-0.05, 0) is 77.5 Å². The first-order chi connectivity index (χ1) is 19.1. The van der Waals surface area contributed by atoms with Gasteiger partial charge in [-0.2, -0.15) is 5.10 Å². The van der Waals surface area contributed by atoms with Crippen LogP contribution in [0.3, 0.4) is 0 Å². The van der Waals surface area contributed by atoms with Crippen LogP contribution in [0.2, 0.25) is 0 Å². The number of hydrogen-bond donors (Lipinski definition) is 1. The minimum atomic E-state index is -1.20. The Morgan fingerprint density at radius 2 is 1.90 bits per heavy atom. The van der Waals surface area contributed by atoms with Gasteiger partial charge >= 0.3 is 5.97 Å². The number of nitrogens with zero attached hydrogens (tertiary/aromatic N) is 3. The van der Waals surface area contributed by atoms with Crippen molar-refractivity contribution < 1.29 is 18.7 Å². The second kappa shape index (κ2) is 12.3. The lowest BCUT2D eigenvalue weighted by Gasteiger charge is -2.44. The zero-order chi connectivity index (χ0) is 29.0. The number of carboxylic acids is 1. The summed E-state index contributed by atoms with van der Waals surface area (Å²) in [5.74, 6) is -1.46. The monoisotopic (exact) mass is 543 g/mol. The van der Waals surface area contributed by atoms with Gasteiger partial charge in [0, 0.05) is 42.2 Å². The number of hydrogen-bond acceptors (Lipinski definition) is 3. The van der Waals surface area contributed by atoms with Crippen molar-refractivity contribution in [1.82, 2.24) is 9.78 Å². The van der Waals surface area contributed by atoms with Crippen LogP contribution in [-0.2, 0) is 18.3 Å². The summed E-state index contributed by atoms with van der Waals surface area (Å²) in [6.45, 7) is 9.70. The van der Waals surface area contributed by atoms with E-state index in [1.54, 1.807) is 4.68 Å². The van der Waals surface area contributed by atoms with Crippen molar-refractivity contribution in [2.24, 2.45) is 7.05 Å². The van der Waals surface area contributed by atoms with Crippen LogP contribution < -0.4 is 4.90 Å². The van der Waals surface area contributed by atoms with Gasteiger partial charge in [-0.25, -0.2) is 13.6 Å². The van der Waals surface area contributed by atoms with E-state index in [4.69, 9.17) is 5.11 Å². The minimum absolute atomic E-state index is 0.0175. The normalized spacial score (nSPS) is 17.9. The molecule has 0 aliphatic carbocycles. The summed E-state index contributed by atoms with van der Waals surface area (Å²) in [7, 11) is 1.87. The molecule has 4 rings (SSSR count). The molecule has 0 bridgehead atoms. The fourth-order valence-electron chi connectivity index (χ4n) is 5.21. The smallest absolute Gasteiger partial charge is 0.328 e. The predicted octanol–water partition coefficient (Wildman–Crippen LogP) is 7.65. The molecule has 2 atom stereocenters. The highest BCUT2D eigenvalue weighted by atomic mass is 19.1. The number of halogens is 2. The second-order valence-electron chi connectivity index (χ2n) is 10.5. The average molecular weight is 544 g/mol. The molecule has 1 aliphatic rings. The van der Waals surface area contributed by atoms with Crippen molar-refractivity contribution >= 4 is 11.7 Å². The standard InChI is InChI=1S/C33H35F2N3O2/c1-21(2)25-7-10-29(11-8-25)38-22(3)16-27-18-26(28-19-36-37(5)20-28)9-12-30(27)33(38)23(4)31(35)17-24(14-15-34)6-13-32(39)40/h6-14,17-22,33H,4,15-16H2,1-3,5H3,(H,39,40)/b13-6+,24-14-,31-17+/t22-,33-/m1/s1. The summed E-state index contributed by atoms with van der Waals surface area (Å²) in [5, 5.41) is 13.3. The Balaban J connectivity index is 1.81. The molecule has 0 saturated heterocycles. The van der Waals surface area contributed by atoms with Gasteiger partial charge in [0.1, 0.15) is 12.5 Å². The molecule has 1 N–H and O–H groups in total. The number of carboxylic acid groups (broad SMARTS) is 1. The lowest BCUT2D eigenvalue weighted by atomic mass is 9.83. The Hall–Kier alpha value is -4.26. The van der Waals surface area contributed by atoms with Crippen molar-refractivity contribution in [3.8, 4) is 11.1 Å². The van der Waals surface area contributed by atoms with Crippen molar-refractivity contribution in [2.45, 2.75) is 45.2 Å². The molecule has 3 aromatic rings. The molecular formula is C33H35F2N3O2. The zero-order valence-corrected chi connectivity index (χ0v) is 23.3. The number of fused-ring (bicyclic) bond motifs is 1. The molecular weight excluding hydrogens is 508 g/mol. The maximum atomic E-state index is 15.9. The van der Waals surface area contributed by atoms with E-state index in [9.17, 15) is 9.18 Å². The Kier molecular flexibility index (Phi) is 8.83. The predicted molar refractivity (Wildman–Crippen MR) is 157 cm³/mol. The molecule has 0 unspecified atom stereocenters. The third-order valence-corrected chi connectivity index (χ3v) is 7.26. The fraction of sp³-hybridized carbons (Fsp3) is 0.273. The van der Waals surface area contributed by atoms with Crippen molar-refractivity contribution in [1.29, 1.82) is 0 Å². The van der Waals surface area contributed by atoms with E-state index < -0.39 is 24.5 Å². The van der Waals surface area contributed by atoms with Gasteiger partial charge in [-0.15, -0.1) is 0 Å². The number of anilines is 1. The number of allylic oxidation sites excluding steroid dienone is 4.